The fourth-order valence-electron chi connectivity index (χ4n) is 1.98. The quantitative estimate of drug-likeness (QED) is 0.823. The molecule has 20 heavy (non-hydrogen) atoms. The molecule has 2 heterocycles. The number of pyridine rings is 1. The Labute approximate surface area is 117 Å². The van der Waals surface area contributed by atoms with Crippen LogP contribution in [0, 0.1) is 0 Å². The van der Waals surface area contributed by atoms with Gasteiger partial charge in [0.25, 0.3) is 5.91 Å². The Hall–Kier alpha value is -1.67. The first-order valence-corrected chi connectivity index (χ1v) is 8.07. The highest BCUT2D eigenvalue weighted by molar-refractivity contribution is 7.90. The second kappa shape index (κ2) is 5.76. The van der Waals surface area contributed by atoms with Gasteiger partial charge in [-0.1, -0.05) is 0 Å². The maximum absolute atomic E-state index is 11.9. The van der Waals surface area contributed by atoms with Crippen molar-refractivity contribution in [2.24, 2.45) is 0 Å². The molecule has 110 valence electrons. The van der Waals surface area contributed by atoms with E-state index < -0.39 is 9.84 Å². The average molecular weight is 299 g/mol. The minimum Gasteiger partial charge on any atom is -0.378 e. The molecule has 7 nitrogen and oxygen atoms in total. The normalized spacial score (nSPS) is 16.0. The lowest BCUT2D eigenvalue weighted by Crippen LogP contribution is -2.38. The molecule has 0 saturated carbocycles. The highest BCUT2D eigenvalue weighted by Gasteiger charge is 2.22. The summed E-state index contributed by atoms with van der Waals surface area (Å²) in [5.74, 6) is -0.341. The molecule has 1 saturated heterocycles. The van der Waals surface area contributed by atoms with Crippen LogP contribution < -0.4 is 10.2 Å². The van der Waals surface area contributed by atoms with E-state index in [0.29, 0.717) is 32.0 Å². The maximum atomic E-state index is 11.9. The van der Waals surface area contributed by atoms with Crippen molar-refractivity contribution in [1.82, 2.24) is 10.3 Å². The molecule has 0 spiro atoms. The number of anilines is 1. The summed E-state index contributed by atoms with van der Waals surface area (Å²) in [5.41, 5.74) is 0.748. The van der Waals surface area contributed by atoms with Gasteiger partial charge in [-0.3, -0.25) is 4.79 Å². The van der Waals surface area contributed by atoms with Gasteiger partial charge in [0.2, 0.25) is 0 Å². The number of carbonyl (C=O) groups is 1. The number of carbonyl (C=O) groups excluding carboxylic acids is 1. The lowest BCUT2D eigenvalue weighted by Gasteiger charge is -2.30. The zero-order valence-electron chi connectivity index (χ0n) is 11.4. The Morgan fingerprint density at radius 3 is 2.60 bits per heavy atom. The summed E-state index contributed by atoms with van der Waals surface area (Å²) in [4.78, 5) is 17.9. The zero-order chi connectivity index (χ0) is 14.8. The smallest absolute Gasteiger partial charge is 0.271 e. The van der Waals surface area contributed by atoms with Crippen molar-refractivity contribution in [2.45, 2.75) is 4.90 Å². The third-order valence-corrected chi connectivity index (χ3v) is 4.14. The predicted octanol–water partition coefficient (Wildman–Crippen LogP) is -0.319. The number of sulfone groups is 1. The van der Waals surface area contributed by atoms with Gasteiger partial charge in [0, 0.05) is 32.6 Å². The van der Waals surface area contributed by atoms with Crippen LogP contribution >= 0.6 is 0 Å². The molecule has 1 fully saturated rings. The number of hydrogen-bond acceptors (Lipinski definition) is 6. The van der Waals surface area contributed by atoms with E-state index in [-0.39, 0.29) is 16.5 Å². The second-order valence-electron chi connectivity index (χ2n) is 4.49. The molecule has 0 radical (unpaired) electrons. The summed E-state index contributed by atoms with van der Waals surface area (Å²) < 4.78 is 28.5. The number of nitrogens with one attached hydrogen (secondary N) is 1. The van der Waals surface area contributed by atoms with E-state index in [1.165, 1.54) is 19.3 Å². The van der Waals surface area contributed by atoms with Crippen LogP contribution in [0.3, 0.4) is 0 Å². The standard InChI is InChI=1S/C12H17N3O4S/c1-13-12(16)11-10(15-3-5-19-6-4-15)7-9(8-14-11)20(2,17)18/h7-8H,3-6H2,1-2H3,(H,13,16). The Kier molecular flexibility index (Phi) is 4.24. The molecule has 0 aliphatic carbocycles. The van der Waals surface area contributed by atoms with Crippen molar-refractivity contribution in [3.63, 3.8) is 0 Å². The molecule has 0 aromatic carbocycles. The van der Waals surface area contributed by atoms with Crippen LogP contribution in [0.5, 0.6) is 0 Å². The SMILES string of the molecule is CNC(=O)c1ncc(S(C)(=O)=O)cc1N1CCOCC1. The summed E-state index contributed by atoms with van der Waals surface area (Å²) in [6, 6.07) is 1.50. The molecule has 8 heteroatoms. The van der Waals surface area contributed by atoms with Crippen molar-refractivity contribution in [2.75, 3.05) is 44.5 Å². The van der Waals surface area contributed by atoms with Crippen LogP contribution in [0.1, 0.15) is 10.5 Å². The molecule has 1 aliphatic rings. The number of nitrogens with zero attached hydrogens (tertiary/aromatic N) is 2. The first-order valence-electron chi connectivity index (χ1n) is 6.18. The fourth-order valence-corrected chi connectivity index (χ4v) is 2.55. The summed E-state index contributed by atoms with van der Waals surface area (Å²) in [6.07, 6.45) is 2.33. The molecule has 1 aliphatic heterocycles. The predicted molar refractivity (Wildman–Crippen MR) is 73.8 cm³/mol. The largest absolute Gasteiger partial charge is 0.378 e. The summed E-state index contributed by atoms with van der Waals surface area (Å²) >= 11 is 0. The van der Waals surface area contributed by atoms with Crippen LogP contribution in [-0.4, -0.2) is 58.9 Å². The van der Waals surface area contributed by atoms with Crippen molar-refractivity contribution in [3.8, 4) is 0 Å². The van der Waals surface area contributed by atoms with Gasteiger partial charge in [-0.05, 0) is 6.07 Å². The number of ether oxygens (including phenoxy) is 1. The van der Waals surface area contributed by atoms with Crippen LogP contribution in [-0.2, 0) is 14.6 Å². The number of amides is 1. The Balaban J connectivity index is 2.50. The Bertz CT molecular complexity index is 609. The van der Waals surface area contributed by atoms with E-state index in [2.05, 4.69) is 10.3 Å². The van der Waals surface area contributed by atoms with Gasteiger partial charge in [0.1, 0.15) is 0 Å². The molecule has 0 atom stereocenters. The third kappa shape index (κ3) is 3.07. The van der Waals surface area contributed by atoms with E-state index >= 15 is 0 Å². The van der Waals surface area contributed by atoms with Crippen molar-refractivity contribution in [1.29, 1.82) is 0 Å². The van der Waals surface area contributed by atoms with Gasteiger partial charge in [0.15, 0.2) is 15.5 Å². The minimum atomic E-state index is -3.37. The second-order valence-corrected chi connectivity index (χ2v) is 6.51. The summed E-state index contributed by atoms with van der Waals surface area (Å²) in [6.45, 7) is 2.27. The molecule has 1 amide bonds. The third-order valence-electron chi connectivity index (χ3n) is 3.06. The van der Waals surface area contributed by atoms with Gasteiger partial charge in [-0.2, -0.15) is 0 Å². The molecular formula is C12H17N3O4S. The highest BCUT2D eigenvalue weighted by atomic mass is 32.2. The summed E-state index contributed by atoms with van der Waals surface area (Å²) in [7, 11) is -1.85. The molecule has 1 aromatic heterocycles. The molecular weight excluding hydrogens is 282 g/mol. The lowest BCUT2D eigenvalue weighted by atomic mass is 10.2. The van der Waals surface area contributed by atoms with Gasteiger partial charge < -0.3 is 15.0 Å². The fraction of sp³-hybridized carbons (Fsp3) is 0.500. The number of rotatable bonds is 3. The average Bonchev–Trinajstić information content (AvgIpc) is 2.46. The van der Waals surface area contributed by atoms with Crippen molar-refractivity contribution < 1.29 is 17.9 Å². The van der Waals surface area contributed by atoms with E-state index in [4.69, 9.17) is 4.74 Å². The Morgan fingerprint density at radius 1 is 1.40 bits per heavy atom. The maximum Gasteiger partial charge on any atom is 0.271 e. The monoisotopic (exact) mass is 299 g/mol. The molecule has 1 aromatic rings. The van der Waals surface area contributed by atoms with Crippen LogP contribution in [0.4, 0.5) is 5.69 Å². The van der Waals surface area contributed by atoms with E-state index in [9.17, 15) is 13.2 Å². The summed E-state index contributed by atoms with van der Waals surface area (Å²) in [5, 5.41) is 2.51. The molecule has 0 unspecified atom stereocenters. The molecule has 0 bridgehead atoms. The first kappa shape index (κ1) is 14.7. The van der Waals surface area contributed by atoms with Crippen molar-refractivity contribution >= 4 is 21.4 Å². The van der Waals surface area contributed by atoms with E-state index in [1.54, 1.807) is 0 Å². The van der Waals surface area contributed by atoms with Crippen LogP contribution in [0.2, 0.25) is 0 Å². The number of hydrogen-bond donors (Lipinski definition) is 1. The molecule has 2 rings (SSSR count). The van der Waals surface area contributed by atoms with E-state index in [0.717, 1.165) is 6.26 Å². The van der Waals surface area contributed by atoms with Gasteiger partial charge in [-0.25, -0.2) is 13.4 Å². The van der Waals surface area contributed by atoms with Gasteiger partial charge in [0.05, 0.1) is 23.8 Å². The van der Waals surface area contributed by atoms with Crippen LogP contribution in [0.15, 0.2) is 17.2 Å². The zero-order valence-corrected chi connectivity index (χ0v) is 12.2. The van der Waals surface area contributed by atoms with Crippen LogP contribution in [0.25, 0.3) is 0 Å². The molecule has 1 N–H and O–H groups in total. The number of aromatic nitrogens is 1. The van der Waals surface area contributed by atoms with E-state index in [1.807, 2.05) is 4.90 Å². The number of morpholine rings is 1. The Morgan fingerprint density at radius 2 is 2.05 bits per heavy atom. The first-order chi connectivity index (χ1) is 9.43. The van der Waals surface area contributed by atoms with Gasteiger partial charge in [-0.15, -0.1) is 0 Å². The lowest BCUT2D eigenvalue weighted by molar-refractivity contribution is 0.0956. The topological polar surface area (TPSA) is 88.6 Å². The van der Waals surface area contributed by atoms with Gasteiger partial charge >= 0.3 is 0 Å². The minimum absolute atomic E-state index is 0.103. The highest BCUT2D eigenvalue weighted by Crippen LogP contribution is 2.23. The van der Waals surface area contributed by atoms with Crippen molar-refractivity contribution in [3.05, 3.63) is 18.0 Å².